The van der Waals surface area contributed by atoms with Crippen LogP contribution < -0.4 is 9.64 Å². The van der Waals surface area contributed by atoms with Crippen LogP contribution in [0, 0.1) is 0 Å². The van der Waals surface area contributed by atoms with Gasteiger partial charge in [0, 0.05) is 30.2 Å². The molecule has 0 aliphatic rings. The van der Waals surface area contributed by atoms with Crippen molar-refractivity contribution in [2.24, 2.45) is 0 Å². The highest BCUT2D eigenvalue weighted by molar-refractivity contribution is 7.18. The van der Waals surface area contributed by atoms with Gasteiger partial charge in [-0.25, -0.2) is 0 Å². The second kappa shape index (κ2) is 9.15. The molecule has 0 saturated carbocycles. The van der Waals surface area contributed by atoms with Crippen LogP contribution in [0.5, 0.6) is 11.5 Å². The summed E-state index contributed by atoms with van der Waals surface area (Å²) < 4.78 is 5.88. The summed E-state index contributed by atoms with van der Waals surface area (Å²) in [7, 11) is 3.93. The number of halogens is 2. The van der Waals surface area contributed by atoms with Crippen LogP contribution in [0.4, 0.5) is 5.00 Å². The van der Waals surface area contributed by atoms with Crippen molar-refractivity contribution in [1.29, 1.82) is 0 Å². The molecule has 4 rings (SSSR count). The third-order valence-electron chi connectivity index (χ3n) is 4.66. The lowest BCUT2D eigenvalue weighted by Crippen LogP contribution is -2.07. The predicted octanol–water partition coefficient (Wildman–Crippen LogP) is 7.81. The molecule has 0 radical (unpaired) electrons. The summed E-state index contributed by atoms with van der Waals surface area (Å²) in [5, 5.41) is 1.84. The highest BCUT2D eigenvalue weighted by Crippen LogP contribution is 2.40. The molecule has 31 heavy (non-hydrogen) atoms. The average molecular weight is 468 g/mol. The highest BCUT2D eigenvalue weighted by atomic mass is 35.5. The van der Waals surface area contributed by atoms with Crippen molar-refractivity contribution in [3.05, 3.63) is 99.3 Å². The molecule has 3 aromatic carbocycles. The molecule has 0 aliphatic carbocycles. The van der Waals surface area contributed by atoms with Gasteiger partial charge in [-0.3, -0.25) is 4.79 Å². The molecular weight excluding hydrogens is 449 g/mol. The normalized spacial score (nSPS) is 10.7. The molecule has 0 bridgehead atoms. The van der Waals surface area contributed by atoms with Crippen molar-refractivity contribution in [2.75, 3.05) is 19.0 Å². The van der Waals surface area contributed by atoms with Gasteiger partial charge in [0.15, 0.2) is 0 Å². The molecule has 0 fully saturated rings. The van der Waals surface area contributed by atoms with Crippen LogP contribution in [0.1, 0.15) is 15.2 Å². The summed E-state index contributed by atoms with van der Waals surface area (Å²) >= 11 is 13.7. The molecule has 1 heterocycles. The molecule has 0 spiro atoms. The van der Waals surface area contributed by atoms with E-state index in [-0.39, 0.29) is 5.78 Å². The van der Waals surface area contributed by atoms with E-state index in [1.54, 1.807) is 18.2 Å². The van der Waals surface area contributed by atoms with E-state index >= 15 is 0 Å². The fourth-order valence-corrected chi connectivity index (χ4v) is 4.72. The van der Waals surface area contributed by atoms with Crippen molar-refractivity contribution >= 4 is 45.3 Å². The topological polar surface area (TPSA) is 29.5 Å². The van der Waals surface area contributed by atoms with Crippen molar-refractivity contribution in [2.45, 2.75) is 0 Å². The predicted molar refractivity (Wildman–Crippen MR) is 130 cm³/mol. The molecule has 0 saturated heterocycles. The Morgan fingerprint density at radius 3 is 2.19 bits per heavy atom. The summed E-state index contributed by atoms with van der Waals surface area (Å²) in [5.74, 6) is 1.42. The SMILES string of the molecule is CN(C)c1sc(C(=O)c2ccc(Cl)cc2Cl)cc1-c1ccc(Oc2ccccc2)cc1. The summed E-state index contributed by atoms with van der Waals surface area (Å²) in [5.41, 5.74) is 2.42. The van der Waals surface area contributed by atoms with Crippen LogP contribution in [0.3, 0.4) is 0 Å². The molecule has 156 valence electrons. The Morgan fingerprint density at radius 1 is 0.871 bits per heavy atom. The van der Waals surface area contributed by atoms with E-state index in [1.165, 1.54) is 11.3 Å². The van der Waals surface area contributed by atoms with Crippen LogP contribution in [0.15, 0.2) is 78.9 Å². The number of benzene rings is 3. The lowest BCUT2D eigenvalue weighted by molar-refractivity contribution is 0.104. The average Bonchev–Trinajstić information content (AvgIpc) is 3.20. The number of anilines is 1. The number of thiophene rings is 1. The third-order valence-corrected chi connectivity index (χ3v) is 6.51. The van der Waals surface area contributed by atoms with Gasteiger partial charge in [0.25, 0.3) is 0 Å². The van der Waals surface area contributed by atoms with E-state index in [2.05, 4.69) is 0 Å². The minimum Gasteiger partial charge on any atom is -0.457 e. The van der Waals surface area contributed by atoms with Gasteiger partial charge in [-0.05, 0) is 54.1 Å². The number of ether oxygens (including phenoxy) is 1. The summed E-state index contributed by atoms with van der Waals surface area (Å²) in [6.45, 7) is 0. The fourth-order valence-electron chi connectivity index (χ4n) is 3.17. The van der Waals surface area contributed by atoms with Crippen LogP contribution in [-0.4, -0.2) is 19.9 Å². The Hall–Kier alpha value is -2.79. The van der Waals surface area contributed by atoms with Crippen LogP contribution >= 0.6 is 34.5 Å². The molecule has 6 heteroatoms. The number of carbonyl (C=O) groups is 1. The number of para-hydroxylation sites is 1. The molecular formula is C25H19Cl2NO2S. The molecule has 0 aliphatic heterocycles. The van der Waals surface area contributed by atoms with Gasteiger partial charge in [0.2, 0.25) is 5.78 Å². The minimum absolute atomic E-state index is 0.120. The van der Waals surface area contributed by atoms with Crippen molar-refractivity contribution in [1.82, 2.24) is 0 Å². The Balaban J connectivity index is 1.65. The van der Waals surface area contributed by atoms with E-state index in [0.717, 1.165) is 27.6 Å². The zero-order chi connectivity index (χ0) is 22.0. The maximum absolute atomic E-state index is 13.1. The largest absolute Gasteiger partial charge is 0.457 e. The first-order valence-corrected chi connectivity index (χ1v) is 11.1. The summed E-state index contributed by atoms with van der Waals surface area (Å²) in [4.78, 5) is 15.7. The quantitative estimate of drug-likeness (QED) is 0.270. The molecule has 0 unspecified atom stereocenters. The van der Waals surface area contributed by atoms with Gasteiger partial charge in [0.1, 0.15) is 11.5 Å². The number of ketones is 1. The molecule has 0 N–H and O–H groups in total. The van der Waals surface area contributed by atoms with Crippen LogP contribution in [0.2, 0.25) is 10.0 Å². The zero-order valence-electron chi connectivity index (χ0n) is 16.9. The van der Waals surface area contributed by atoms with Gasteiger partial charge in [-0.15, -0.1) is 11.3 Å². The Kier molecular flexibility index (Phi) is 6.33. The fraction of sp³-hybridized carbons (Fsp3) is 0.0800. The standard InChI is InChI=1S/C25H19Cl2NO2S/c1-28(2)25-21(15-23(31-25)24(29)20-13-10-17(26)14-22(20)27)16-8-11-19(12-9-16)30-18-6-4-3-5-7-18/h3-15H,1-2H3. The highest BCUT2D eigenvalue weighted by Gasteiger charge is 2.20. The zero-order valence-corrected chi connectivity index (χ0v) is 19.3. The lowest BCUT2D eigenvalue weighted by atomic mass is 10.1. The van der Waals surface area contributed by atoms with Gasteiger partial charge in [-0.2, -0.15) is 0 Å². The summed E-state index contributed by atoms with van der Waals surface area (Å²) in [6.07, 6.45) is 0. The first kappa shape index (κ1) is 21.4. The van der Waals surface area contributed by atoms with E-state index < -0.39 is 0 Å². The van der Waals surface area contributed by atoms with Crippen LogP contribution in [0.25, 0.3) is 11.1 Å². The molecule has 4 aromatic rings. The first-order chi connectivity index (χ1) is 14.9. The molecule has 3 nitrogen and oxygen atoms in total. The lowest BCUT2D eigenvalue weighted by Gasteiger charge is -2.13. The second-order valence-corrected chi connectivity index (χ2v) is 8.99. The monoisotopic (exact) mass is 467 g/mol. The second-order valence-electron chi connectivity index (χ2n) is 7.12. The van der Waals surface area contributed by atoms with Crippen molar-refractivity contribution in [3.63, 3.8) is 0 Å². The Bertz CT molecular complexity index is 1220. The van der Waals surface area contributed by atoms with E-state index in [1.807, 2.05) is 79.7 Å². The maximum atomic E-state index is 13.1. The number of rotatable bonds is 6. The first-order valence-electron chi connectivity index (χ1n) is 9.56. The van der Waals surface area contributed by atoms with Gasteiger partial charge in [0.05, 0.1) is 14.9 Å². The van der Waals surface area contributed by atoms with Gasteiger partial charge < -0.3 is 9.64 Å². The Labute approximate surface area is 195 Å². The smallest absolute Gasteiger partial charge is 0.204 e. The van der Waals surface area contributed by atoms with Gasteiger partial charge in [-0.1, -0.05) is 53.5 Å². The van der Waals surface area contributed by atoms with Crippen LogP contribution in [-0.2, 0) is 0 Å². The van der Waals surface area contributed by atoms with Crippen molar-refractivity contribution in [3.8, 4) is 22.6 Å². The Morgan fingerprint density at radius 2 is 1.55 bits per heavy atom. The summed E-state index contributed by atoms with van der Waals surface area (Å²) in [6, 6.07) is 24.3. The molecule has 1 aromatic heterocycles. The third kappa shape index (κ3) is 4.77. The molecule has 0 amide bonds. The molecule has 0 atom stereocenters. The maximum Gasteiger partial charge on any atom is 0.204 e. The van der Waals surface area contributed by atoms with E-state index in [0.29, 0.717) is 20.5 Å². The van der Waals surface area contributed by atoms with E-state index in [9.17, 15) is 4.79 Å². The minimum atomic E-state index is -0.120. The number of hydrogen-bond acceptors (Lipinski definition) is 4. The van der Waals surface area contributed by atoms with E-state index in [4.69, 9.17) is 27.9 Å². The number of hydrogen-bond donors (Lipinski definition) is 0. The van der Waals surface area contributed by atoms with Gasteiger partial charge >= 0.3 is 0 Å². The van der Waals surface area contributed by atoms with Crippen molar-refractivity contribution < 1.29 is 9.53 Å². The number of nitrogens with zero attached hydrogens (tertiary/aromatic N) is 1. The number of carbonyl (C=O) groups excluding carboxylic acids is 1.